The largest absolute Gasteiger partial charge is 0.497 e. The number of likely N-dealkylation sites (tertiary alicyclic amines) is 1. The zero-order valence-corrected chi connectivity index (χ0v) is 26.5. The average molecular weight is 609 g/mol. The molecule has 1 unspecified atom stereocenters. The lowest BCUT2D eigenvalue weighted by molar-refractivity contribution is -0.145. The molecule has 3 N–H and O–H groups in total. The number of amides is 3. The van der Waals surface area contributed by atoms with Crippen molar-refractivity contribution >= 4 is 40.9 Å². The maximum atomic E-state index is 13.5. The smallest absolute Gasteiger partial charge is 0.243 e. The van der Waals surface area contributed by atoms with Crippen LogP contribution in [0.4, 0.5) is 0 Å². The predicted octanol–water partition coefficient (Wildman–Crippen LogP) is 4.63. The topological polar surface area (TPSA) is 99.8 Å². The molecule has 3 amide bonds. The molecule has 3 aromatic rings. The monoisotopic (exact) mass is 608 g/mol. The van der Waals surface area contributed by atoms with Gasteiger partial charge in [0.05, 0.1) is 7.11 Å². The first kappa shape index (κ1) is 33.9. The number of nitrogens with one attached hydrogen (secondary N) is 3. The quantitative estimate of drug-likeness (QED) is 0.260. The van der Waals surface area contributed by atoms with E-state index in [9.17, 15) is 14.4 Å². The Kier molecular flexibility index (Phi) is 12.4. The second kappa shape index (κ2) is 15.7. The van der Waals surface area contributed by atoms with Crippen LogP contribution >= 0.6 is 12.4 Å². The van der Waals surface area contributed by atoms with Gasteiger partial charge in [-0.3, -0.25) is 14.4 Å². The highest BCUT2D eigenvalue weighted by molar-refractivity contribution is 5.93. The van der Waals surface area contributed by atoms with Gasteiger partial charge in [-0.2, -0.15) is 0 Å². The van der Waals surface area contributed by atoms with Crippen LogP contribution in [0.2, 0.25) is 0 Å². The van der Waals surface area contributed by atoms with E-state index in [0.29, 0.717) is 25.9 Å². The number of fused-ring (bicyclic) bond motifs is 1. The fourth-order valence-corrected chi connectivity index (χ4v) is 5.32. The molecular formula is C34H45ClN4O4. The van der Waals surface area contributed by atoms with Gasteiger partial charge in [0.15, 0.2) is 0 Å². The lowest BCUT2D eigenvalue weighted by atomic mass is 9.94. The second-order valence-corrected chi connectivity index (χ2v) is 12.0. The van der Waals surface area contributed by atoms with Crippen molar-refractivity contribution in [3.8, 4) is 5.75 Å². The Labute approximate surface area is 261 Å². The maximum absolute atomic E-state index is 13.5. The number of hydrogen-bond acceptors (Lipinski definition) is 5. The van der Waals surface area contributed by atoms with Gasteiger partial charge in [-0.15, -0.1) is 12.4 Å². The number of halogens is 1. The van der Waals surface area contributed by atoms with E-state index in [1.54, 1.807) is 12.0 Å². The van der Waals surface area contributed by atoms with Gasteiger partial charge in [0.2, 0.25) is 17.7 Å². The van der Waals surface area contributed by atoms with Gasteiger partial charge in [0.25, 0.3) is 0 Å². The highest BCUT2D eigenvalue weighted by atomic mass is 35.5. The van der Waals surface area contributed by atoms with E-state index >= 15 is 0 Å². The molecule has 1 saturated heterocycles. The maximum Gasteiger partial charge on any atom is 0.243 e. The molecule has 1 fully saturated rings. The summed E-state index contributed by atoms with van der Waals surface area (Å²) in [5.41, 5.74) is 1.54. The third kappa shape index (κ3) is 9.43. The van der Waals surface area contributed by atoms with Gasteiger partial charge in [0.1, 0.15) is 17.8 Å². The van der Waals surface area contributed by atoms with Gasteiger partial charge in [-0.05, 0) is 59.8 Å². The summed E-state index contributed by atoms with van der Waals surface area (Å²) >= 11 is 0. The molecule has 3 aromatic carbocycles. The fourth-order valence-electron chi connectivity index (χ4n) is 5.32. The van der Waals surface area contributed by atoms with Gasteiger partial charge in [-0.1, -0.05) is 75.4 Å². The molecule has 0 spiro atoms. The molecule has 9 heteroatoms. The van der Waals surface area contributed by atoms with Gasteiger partial charge >= 0.3 is 0 Å². The summed E-state index contributed by atoms with van der Waals surface area (Å²) in [4.78, 5) is 41.6. The summed E-state index contributed by atoms with van der Waals surface area (Å²) < 4.78 is 5.20. The van der Waals surface area contributed by atoms with Crippen LogP contribution in [0.1, 0.15) is 51.2 Å². The number of rotatable bonds is 12. The Hall–Kier alpha value is -3.62. The van der Waals surface area contributed by atoms with E-state index in [4.69, 9.17) is 4.74 Å². The van der Waals surface area contributed by atoms with Crippen LogP contribution in [0.25, 0.3) is 10.8 Å². The fraction of sp³-hybridized carbons (Fsp3) is 0.441. The molecule has 8 nitrogen and oxygen atoms in total. The van der Waals surface area contributed by atoms with Crippen molar-refractivity contribution in [3.63, 3.8) is 0 Å². The zero-order valence-electron chi connectivity index (χ0n) is 25.7. The Morgan fingerprint density at radius 1 is 0.953 bits per heavy atom. The highest BCUT2D eigenvalue weighted by Crippen LogP contribution is 2.26. The summed E-state index contributed by atoms with van der Waals surface area (Å²) in [6, 6.07) is 20.8. The van der Waals surface area contributed by atoms with Crippen LogP contribution in [0.3, 0.4) is 0 Å². The number of carbonyl (C=O) groups excluding carboxylic acids is 3. The van der Waals surface area contributed by atoms with Crippen LogP contribution in [0.5, 0.6) is 5.75 Å². The van der Waals surface area contributed by atoms with Crippen molar-refractivity contribution < 1.29 is 19.1 Å². The van der Waals surface area contributed by atoms with E-state index in [1.165, 1.54) is 0 Å². The summed E-state index contributed by atoms with van der Waals surface area (Å²) in [6.45, 7) is 8.10. The number of nitrogens with zero attached hydrogens (tertiary/aromatic N) is 1. The van der Waals surface area contributed by atoms with Crippen LogP contribution < -0.4 is 20.7 Å². The molecule has 1 aliphatic rings. The molecule has 0 aromatic heterocycles. The SMILES string of the molecule is COc1ccc(CNCCCNC(=O)[C@@H](Cc2ccc3ccccc3c2)NC(=O)C2CCCN2C(=O)C(C)(C)C)cc1.Cl. The number of carbonyl (C=O) groups is 3. The number of ether oxygens (including phenoxy) is 1. The van der Waals surface area contributed by atoms with Gasteiger partial charge in [0, 0.05) is 31.5 Å². The normalized spacial score (nSPS) is 15.4. The second-order valence-electron chi connectivity index (χ2n) is 12.0. The van der Waals surface area contributed by atoms with Crippen molar-refractivity contribution in [2.24, 2.45) is 5.41 Å². The molecule has 2 atom stereocenters. The first-order valence-corrected chi connectivity index (χ1v) is 14.9. The standard InChI is InChI=1S/C34H44N4O4.ClH/c1-34(2,3)33(41)38-20-7-11-30(38)32(40)37-29(22-25-12-15-26-9-5-6-10-27(26)21-25)31(39)36-19-8-18-35-23-24-13-16-28(42-4)17-14-24;/h5-6,9-10,12-17,21,29-30,35H,7-8,11,18-20,22-23H2,1-4H3,(H,36,39)(H,37,40);1H/t29-,30?;/m1./s1. The molecule has 232 valence electrons. The zero-order chi connectivity index (χ0) is 30.1. The van der Waals surface area contributed by atoms with Gasteiger partial charge < -0.3 is 25.6 Å². The van der Waals surface area contributed by atoms with Crippen molar-refractivity contribution in [2.45, 2.75) is 65.1 Å². The van der Waals surface area contributed by atoms with Crippen LogP contribution in [-0.4, -0.2) is 61.4 Å². The minimum Gasteiger partial charge on any atom is -0.497 e. The molecule has 4 rings (SSSR count). The molecule has 1 heterocycles. The number of hydrogen-bond donors (Lipinski definition) is 3. The Bertz CT molecular complexity index is 1370. The van der Waals surface area contributed by atoms with Crippen LogP contribution in [-0.2, 0) is 27.3 Å². The number of benzene rings is 3. The summed E-state index contributed by atoms with van der Waals surface area (Å²) in [5.74, 6) is 0.289. The van der Waals surface area contributed by atoms with Crippen molar-refractivity contribution in [3.05, 3.63) is 77.9 Å². The molecular weight excluding hydrogens is 564 g/mol. The van der Waals surface area contributed by atoms with Gasteiger partial charge in [-0.25, -0.2) is 0 Å². The lowest BCUT2D eigenvalue weighted by Crippen LogP contribution is -2.55. The van der Waals surface area contributed by atoms with E-state index in [-0.39, 0.29) is 30.1 Å². The minimum absolute atomic E-state index is 0. The Morgan fingerprint density at radius 3 is 2.35 bits per heavy atom. The highest BCUT2D eigenvalue weighted by Gasteiger charge is 2.39. The average Bonchev–Trinajstić information content (AvgIpc) is 3.48. The number of methoxy groups -OCH3 is 1. The van der Waals surface area contributed by atoms with Crippen molar-refractivity contribution in [1.29, 1.82) is 0 Å². The molecule has 0 radical (unpaired) electrons. The van der Waals surface area contributed by atoms with E-state index in [2.05, 4.69) is 28.1 Å². The van der Waals surface area contributed by atoms with Crippen molar-refractivity contribution in [1.82, 2.24) is 20.9 Å². The Balaban J connectivity index is 0.00000506. The van der Waals surface area contributed by atoms with Crippen LogP contribution in [0.15, 0.2) is 66.7 Å². The van der Waals surface area contributed by atoms with E-state index in [1.807, 2.05) is 75.4 Å². The first-order valence-electron chi connectivity index (χ1n) is 14.9. The summed E-state index contributed by atoms with van der Waals surface area (Å²) in [7, 11) is 1.65. The third-order valence-corrected chi connectivity index (χ3v) is 7.66. The van der Waals surface area contributed by atoms with Crippen LogP contribution in [0, 0.1) is 5.41 Å². The first-order chi connectivity index (χ1) is 20.2. The lowest BCUT2D eigenvalue weighted by Gasteiger charge is -2.31. The molecule has 0 aliphatic carbocycles. The molecule has 0 bridgehead atoms. The summed E-state index contributed by atoms with van der Waals surface area (Å²) in [5, 5.41) is 11.6. The predicted molar refractivity (Wildman–Crippen MR) is 173 cm³/mol. The van der Waals surface area contributed by atoms with E-state index < -0.39 is 17.5 Å². The molecule has 1 aliphatic heterocycles. The Morgan fingerprint density at radius 2 is 1.65 bits per heavy atom. The molecule has 43 heavy (non-hydrogen) atoms. The third-order valence-electron chi connectivity index (χ3n) is 7.66. The van der Waals surface area contributed by atoms with E-state index in [0.717, 1.165) is 53.6 Å². The molecule has 0 saturated carbocycles. The van der Waals surface area contributed by atoms with Crippen molar-refractivity contribution in [2.75, 3.05) is 26.7 Å². The summed E-state index contributed by atoms with van der Waals surface area (Å²) in [6.07, 6.45) is 2.47. The minimum atomic E-state index is -0.752.